The molecular formula is C18H27N. The van der Waals surface area contributed by atoms with E-state index in [-0.39, 0.29) is 0 Å². The van der Waals surface area contributed by atoms with Crippen molar-refractivity contribution in [1.29, 1.82) is 0 Å². The average Bonchev–Trinajstić information content (AvgIpc) is 2.49. The van der Waals surface area contributed by atoms with Crippen LogP contribution in [0.3, 0.4) is 0 Å². The standard InChI is InChI=1S/C18H27N/c1-14-7-9-16(10-8-14)17-11-12-19-13-18(17)15-5-3-2-4-6-15/h2-6,14,16-19H,7-13H2,1H3. The summed E-state index contributed by atoms with van der Waals surface area (Å²) in [7, 11) is 0. The van der Waals surface area contributed by atoms with Gasteiger partial charge in [0.1, 0.15) is 0 Å². The number of piperidine rings is 1. The van der Waals surface area contributed by atoms with Crippen molar-refractivity contribution in [3.05, 3.63) is 35.9 Å². The highest BCUT2D eigenvalue weighted by Crippen LogP contribution is 2.42. The summed E-state index contributed by atoms with van der Waals surface area (Å²) < 4.78 is 0. The third-order valence-electron chi connectivity index (χ3n) is 5.43. The van der Waals surface area contributed by atoms with Gasteiger partial charge in [-0.15, -0.1) is 0 Å². The van der Waals surface area contributed by atoms with Crippen molar-refractivity contribution in [3.8, 4) is 0 Å². The molecule has 0 spiro atoms. The normalized spacial score (nSPS) is 36.1. The van der Waals surface area contributed by atoms with Crippen LogP contribution in [0, 0.1) is 17.8 Å². The predicted octanol–water partition coefficient (Wildman–Crippen LogP) is 4.21. The first kappa shape index (κ1) is 13.2. The second-order valence-corrected chi connectivity index (χ2v) is 6.69. The summed E-state index contributed by atoms with van der Waals surface area (Å²) >= 11 is 0. The van der Waals surface area contributed by atoms with E-state index in [0.717, 1.165) is 23.7 Å². The Kier molecular flexibility index (Phi) is 4.22. The third kappa shape index (κ3) is 3.02. The maximum Gasteiger partial charge on any atom is 0.00229 e. The molecular weight excluding hydrogens is 230 g/mol. The zero-order chi connectivity index (χ0) is 13.1. The van der Waals surface area contributed by atoms with Gasteiger partial charge in [0, 0.05) is 6.54 Å². The SMILES string of the molecule is CC1CCC(C2CCNCC2c2ccccc2)CC1. The van der Waals surface area contributed by atoms with Crippen LogP contribution in [0.15, 0.2) is 30.3 Å². The lowest BCUT2D eigenvalue weighted by Crippen LogP contribution is -2.39. The minimum absolute atomic E-state index is 0.744. The number of nitrogens with one attached hydrogen (secondary N) is 1. The quantitative estimate of drug-likeness (QED) is 0.837. The van der Waals surface area contributed by atoms with Gasteiger partial charge in [-0.2, -0.15) is 0 Å². The van der Waals surface area contributed by atoms with Crippen molar-refractivity contribution in [1.82, 2.24) is 5.32 Å². The van der Waals surface area contributed by atoms with Crippen LogP contribution in [0.4, 0.5) is 0 Å². The zero-order valence-electron chi connectivity index (χ0n) is 12.1. The van der Waals surface area contributed by atoms with E-state index in [9.17, 15) is 0 Å². The minimum Gasteiger partial charge on any atom is -0.316 e. The minimum atomic E-state index is 0.744. The van der Waals surface area contributed by atoms with Gasteiger partial charge in [0.15, 0.2) is 0 Å². The molecule has 2 atom stereocenters. The van der Waals surface area contributed by atoms with Crippen LogP contribution in [0.25, 0.3) is 0 Å². The summed E-state index contributed by atoms with van der Waals surface area (Å²) in [5.74, 6) is 3.60. The lowest BCUT2D eigenvalue weighted by atomic mass is 9.68. The van der Waals surface area contributed by atoms with Crippen molar-refractivity contribution in [2.24, 2.45) is 17.8 Å². The van der Waals surface area contributed by atoms with Crippen LogP contribution < -0.4 is 5.32 Å². The number of rotatable bonds is 2. The Morgan fingerprint density at radius 1 is 0.947 bits per heavy atom. The van der Waals surface area contributed by atoms with E-state index in [1.807, 2.05) is 0 Å². The van der Waals surface area contributed by atoms with Crippen molar-refractivity contribution < 1.29 is 0 Å². The van der Waals surface area contributed by atoms with Crippen LogP contribution in [0.5, 0.6) is 0 Å². The summed E-state index contributed by atoms with van der Waals surface area (Å²) in [4.78, 5) is 0. The second kappa shape index (κ2) is 6.09. The largest absolute Gasteiger partial charge is 0.316 e. The predicted molar refractivity (Wildman–Crippen MR) is 81.3 cm³/mol. The monoisotopic (exact) mass is 257 g/mol. The summed E-state index contributed by atoms with van der Waals surface area (Å²) in [5.41, 5.74) is 1.55. The van der Waals surface area contributed by atoms with Crippen molar-refractivity contribution in [3.63, 3.8) is 0 Å². The number of hydrogen-bond donors (Lipinski definition) is 1. The van der Waals surface area contributed by atoms with Gasteiger partial charge in [0.2, 0.25) is 0 Å². The molecule has 0 aromatic heterocycles. The van der Waals surface area contributed by atoms with Crippen LogP contribution >= 0.6 is 0 Å². The van der Waals surface area contributed by atoms with E-state index < -0.39 is 0 Å². The van der Waals surface area contributed by atoms with Gasteiger partial charge in [0.25, 0.3) is 0 Å². The first-order chi connectivity index (χ1) is 9.34. The van der Waals surface area contributed by atoms with E-state index in [0.29, 0.717) is 0 Å². The molecule has 1 heterocycles. The molecule has 1 nitrogen and oxygen atoms in total. The maximum absolute atomic E-state index is 3.61. The summed E-state index contributed by atoms with van der Waals surface area (Å²) in [5, 5.41) is 3.61. The number of benzene rings is 1. The van der Waals surface area contributed by atoms with Gasteiger partial charge in [-0.25, -0.2) is 0 Å². The smallest absolute Gasteiger partial charge is 0.00229 e. The lowest BCUT2D eigenvalue weighted by molar-refractivity contribution is 0.158. The molecule has 1 aliphatic heterocycles. The van der Waals surface area contributed by atoms with Crippen LogP contribution in [0.2, 0.25) is 0 Å². The molecule has 1 N–H and O–H groups in total. The lowest BCUT2D eigenvalue weighted by Gasteiger charge is -2.40. The molecule has 1 aliphatic carbocycles. The Morgan fingerprint density at radius 3 is 2.42 bits per heavy atom. The molecule has 104 valence electrons. The summed E-state index contributed by atoms with van der Waals surface area (Å²) in [6.45, 7) is 4.83. The van der Waals surface area contributed by atoms with E-state index in [4.69, 9.17) is 0 Å². The van der Waals surface area contributed by atoms with Gasteiger partial charge >= 0.3 is 0 Å². The molecule has 2 aliphatic rings. The first-order valence-electron chi connectivity index (χ1n) is 8.10. The average molecular weight is 257 g/mol. The van der Waals surface area contributed by atoms with Crippen LogP contribution in [-0.2, 0) is 0 Å². The Hall–Kier alpha value is -0.820. The molecule has 2 fully saturated rings. The second-order valence-electron chi connectivity index (χ2n) is 6.69. The van der Waals surface area contributed by atoms with Gasteiger partial charge in [-0.1, -0.05) is 50.1 Å². The van der Waals surface area contributed by atoms with Gasteiger partial charge in [0.05, 0.1) is 0 Å². The van der Waals surface area contributed by atoms with Crippen molar-refractivity contribution >= 4 is 0 Å². The molecule has 3 rings (SSSR count). The van der Waals surface area contributed by atoms with Crippen molar-refractivity contribution in [2.75, 3.05) is 13.1 Å². The summed E-state index contributed by atoms with van der Waals surface area (Å²) in [6.07, 6.45) is 7.22. The molecule has 1 heteroatoms. The van der Waals surface area contributed by atoms with Gasteiger partial charge in [-0.3, -0.25) is 0 Å². The Morgan fingerprint density at radius 2 is 1.68 bits per heavy atom. The van der Waals surface area contributed by atoms with E-state index in [1.54, 1.807) is 5.56 Å². The Labute approximate surface area is 117 Å². The van der Waals surface area contributed by atoms with Gasteiger partial charge in [-0.05, 0) is 55.0 Å². The third-order valence-corrected chi connectivity index (χ3v) is 5.43. The fourth-order valence-corrected chi connectivity index (χ4v) is 4.22. The van der Waals surface area contributed by atoms with Crippen molar-refractivity contribution in [2.45, 2.75) is 44.9 Å². The molecule has 0 amide bonds. The maximum atomic E-state index is 3.61. The molecule has 1 saturated carbocycles. The summed E-state index contributed by atoms with van der Waals surface area (Å²) in [6, 6.07) is 11.2. The number of hydrogen-bond acceptors (Lipinski definition) is 1. The molecule has 0 radical (unpaired) electrons. The molecule has 1 aromatic carbocycles. The molecule has 2 unspecified atom stereocenters. The van der Waals surface area contributed by atoms with E-state index in [2.05, 4.69) is 42.6 Å². The van der Waals surface area contributed by atoms with E-state index in [1.165, 1.54) is 45.2 Å². The highest BCUT2D eigenvalue weighted by molar-refractivity contribution is 5.21. The highest BCUT2D eigenvalue weighted by atomic mass is 14.9. The fourth-order valence-electron chi connectivity index (χ4n) is 4.22. The molecule has 1 saturated heterocycles. The molecule has 19 heavy (non-hydrogen) atoms. The zero-order valence-corrected chi connectivity index (χ0v) is 12.1. The first-order valence-corrected chi connectivity index (χ1v) is 8.10. The topological polar surface area (TPSA) is 12.0 Å². The van der Waals surface area contributed by atoms with E-state index >= 15 is 0 Å². The van der Waals surface area contributed by atoms with Gasteiger partial charge < -0.3 is 5.32 Å². The highest BCUT2D eigenvalue weighted by Gasteiger charge is 2.34. The fraction of sp³-hybridized carbons (Fsp3) is 0.667. The van der Waals surface area contributed by atoms with Crippen LogP contribution in [0.1, 0.15) is 50.5 Å². The van der Waals surface area contributed by atoms with Crippen LogP contribution in [-0.4, -0.2) is 13.1 Å². The molecule has 1 aromatic rings. The Balaban J connectivity index is 1.74. The molecule has 0 bridgehead atoms. The Bertz CT molecular complexity index is 378.